The number of carbonyl (C=O) groups excluding carboxylic acids is 1. The number of methoxy groups -OCH3 is 2. The van der Waals surface area contributed by atoms with Gasteiger partial charge in [0, 0.05) is 6.20 Å². The number of fused-ring (bicyclic) bond motifs is 1. The van der Waals surface area contributed by atoms with Crippen LogP contribution in [0.3, 0.4) is 0 Å². The van der Waals surface area contributed by atoms with Gasteiger partial charge in [0.05, 0.1) is 34.1 Å². The number of nitrogens with zero attached hydrogens (tertiary/aromatic N) is 4. The van der Waals surface area contributed by atoms with Crippen molar-refractivity contribution in [2.75, 3.05) is 25.1 Å². The number of sulfone groups is 1. The molecule has 0 radical (unpaired) electrons. The Labute approximate surface area is 185 Å². The van der Waals surface area contributed by atoms with Crippen LogP contribution >= 0.6 is 0 Å². The summed E-state index contributed by atoms with van der Waals surface area (Å²) >= 11 is 0. The van der Waals surface area contributed by atoms with Crippen LogP contribution in [0, 0.1) is 0 Å². The Bertz CT molecular complexity index is 1520. The highest BCUT2D eigenvalue weighted by Crippen LogP contribution is 2.23. The third-order valence-electron chi connectivity index (χ3n) is 3.73. The molecule has 3 aromatic heterocycles. The van der Waals surface area contributed by atoms with Crippen molar-refractivity contribution in [1.29, 1.82) is 0 Å². The molecule has 31 heavy (non-hydrogen) atoms. The monoisotopic (exact) mass is 476 g/mol. The number of anilines is 1. The van der Waals surface area contributed by atoms with Gasteiger partial charge in [0.2, 0.25) is 17.7 Å². The fourth-order valence-corrected chi connectivity index (χ4v) is 5.06. The summed E-state index contributed by atoms with van der Waals surface area (Å²) in [6, 6.07) is 3.46. The van der Waals surface area contributed by atoms with Crippen molar-refractivity contribution in [2.24, 2.45) is 0 Å². The minimum Gasteiger partial charge on any atom is -0.481 e. The summed E-state index contributed by atoms with van der Waals surface area (Å²) in [6.45, 7) is 1.28. The van der Waals surface area contributed by atoms with Gasteiger partial charge in [-0.3, -0.25) is 9.72 Å². The van der Waals surface area contributed by atoms with E-state index < -0.39 is 73.5 Å². The Kier molecular flexibility index (Phi) is 4.14. The number of carbonyl (C=O) groups is 1. The number of hydrogen-bond acceptors (Lipinski definition) is 10. The van der Waals surface area contributed by atoms with Gasteiger partial charge in [0.1, 0.15) is 5.65 Å². The van der Waals surface area contributed by atoms with E-state index in [2.05, 4.69) is 24.4 Å². The van der Waals surface area contributed by atoms with Crippen LogP contribution in [-0.4, -0.2) is 62.0 Å². The van der Waals surface area contributed by atoms with Gasteiger partial charge in [-0.2, -0.15) is 18.4 Å². The lowest BCUT2D eigenvalue weighted by Crippen LogP contribution is -2.36. The average molecular weight is 477 g/mol. The van der Waals surface area contributed by atoms with Crippen molar-refractivity contribution in [3.63, 3.8) is 0 Å². The molecule has 13 nitrogen and oxygen atoms in total. The van der Waals surface area contributed by atoms with E-state index in [1.807, 2.05) is 5.32 Å². The van der Waals surface area contributed by atoms with Crippen LogP contribution < -0.4 is 19.5 Å². The number of imidazole rings is 1. The Hall–Kier alpha value is -3.46. The number of ether oxygens (including phenoxy) is 2. The quantitative estimate of drug-likeness (QED) is 0.487. The van der Waals surface area contributed by atoms with Crippen molar-refractivity contribution >= 4 is 37.5 Å². The van der Waals surface area contributed by atoms with Crippen molar-refractivity contribution in [3.8, 4) is 11.8 Å². The van der Waals surface area contributed by atoms with Crippen molar-refractivity contribution in [3.05, 3.63) is 30.5 Å². The first-order valence-corrected chi connectivity index (χ1v) is 11.3. The van der Waals surface area contributed by atoms with Crippen LogP contribution in [0.2, 0.25) is 0 Å². The number of aromatic nitrogens is 4. The molecule has 0 saturated carbocycles. The second kappa shape index (κ2) is 8.35. The highest BCUT2D eigenvalue weighted by atomic mass is 32.2. The van der Waals surface area contributed by atoms with Crippen LogP contribution in [0.5, 0.6) is 11.8 Å². The lowest BCUT2D eigenvalue weighted by atomic mass is 10.5. The third kappa shape index (κ3) is 4.51. The molecule has 0 aliphatic rings. The Balaban J connectivity index is 1.97. The van der Waals surface area contributed by atoms with Crippen LogP contribution in [0.1, 0.15) is 15.1 Å². The Morgan fingerprint density at radius 1 is 1.13 bits per heavy atom. The average Bonchev–Trinajstić information content (AvgIpc) is 3.12. The Morgan fingerprint density at radius 2 is 1.81 bits per heavy atom. The SMILES string of the molecule is [2H]C([2H])([2H])Oc1cc(OC([2H])([2H])[2H])nc(NC(=O)NS(=O)(=O)c2c(S(=O)(=O)CC)nc3ccccn23)n1. The summed E-state index contributed by atoms with van der Waals surface area (Å²) in [7, 11) is -15.1. The number of hydrogen-bond donors (Lipinski definition) is 2. The van der Waals surface area contributed by atoms with Crippen LogP contribution in [0.15, 0.2) is 40.5 Å². The van der Waals surface area contributed by atoms with Crippen LogP contribution in [0.4, 0.5) is 10.7 Å². The molecule has 0 unspecified atom stereocenters. The molecule has 0 spiro atoms. The second-order valence-electron chi connectivity index (χ2n) is 5.69. The van der Waals surface area contributed by atoms with Gasteiger partial charge in [0.25, 0.3) is 10.0 Å². The minimum atomic E-state index is -4.90. The summed E-state index contributed by atoms with van der Waals surface area (Å²) in [6.07, 6.45) is 1.22. The van der Waals surface area contributed by atoms with Gasteiger partial charge in [-0.15, -0.1) is 0 Å². The topological polar surface area (TPSA) is 171 Å². The van der Waals surface area contributed by atoms with Crippen LogP contribution in [0.25, 0.3) is 5.65 Å². The molecule has 0 aromatic carbocycles. The van der Waals surface area contributed by atoms with Gasteiger partial charge in [0.15, 0.2) is 19.9 Å². The van der Waals surface area contributed by atoms with Crippen molar-refractivity contribution < 1.29 is 39.3 Å². The van der Waals surface area contributed by atoms with E-state index in [9.17, 15) is 21.6 Å². The number of amides is 2. The fraction of sp³-hybridized carbons (Fsp3) is 0.250. The number of nitrogens with one attached hydrogen (secondary N) is 2. The first-order chi connectivity index (χ1) is 16.9. The molecule has 0 saturated heterocycles. The summed E-state index contributed by atoms with van der Waals surface area (Å²) in [5.74, 6) is -2.74. The summed E-state index contributed by atoms with van der Waals surface area (Å²) in [5.41, 5.74) is -0.0281. The predicted octanol–water partition coefficient (Wildman–Crippen LogP) is 0.445. The van der Waals surface area contributed by atoms with Crippen molar-refractivity contribution in [2.45, 2.75) is 17.0 Å². The van der Waals surface area contributed by atoms with E-state index in [1.165, 1.54) is 31.3 Å². The molecule has 0 aliphatic carbocycles. The molecule has 2 N–H and O–H groups in total. The van der Waals surface area contributed by atoms with Crippen molar-refractivity contribution in [1.82, 2.24) is 24.1 Å². The lowest BCUT2D eigenvalue weighted by molar-refractivity contribution is 0.256. The lowest BCUT2D eigenvalue weighted by Gasteiger charge is -2.10. The van der Waals surface area contributed by atoms with Gasteiger partial charge in [-0.05, 0) is 12.1 Å². The van der Waals surface area contributed by atoms with E-state index in [0.717, 1.165) is 10.5 Å². The van der Waals surface area contributed by atoms with Gasteiger partial charge in [-0.1, -0.05) is 13.0 Å². The molecule has 3 heterocycles. The van der Waals surface area contributed by atoms with Crippen LogP contribution in [-0.2, 0) is 19.9 Å². The second-order valence-corrected chi connectivity index (χ2v) is 9.48. The highest BCUT2D eigenvalue weighted by Gasteiger charge is 2.33. The summed E-state index contributed by atoms with van der Waals surface area (Å²) in [5, 5.41) is 0.241. The maximum Gasteiger partial charge on any atom is 0.335 e. The zero-order valence-electron chi connectivity index (χ0n) is 21.6. The zero-order valence-corrected chi connectivity index (χ0v) is 17.2. The molecule has 15 heteroatoms. The number of rotatable bonds is 7. The minimum absolute atomic E-state index is 0.0281. The number of sulfonamides is 1. The predicted molar refractivity (Wildman–Crippen MR) is 107 cm³/mol. The largest absolute Gasteiger partial charge is 0.481 e. The molecular weight excluding hydrogens is 452 g/mol. The number of pyridine rings is 1. The zero-order chi connectivity index (χ0) is 27.8. The molecule has 0 bridgehead atoms. The summed E-state index contributed by atoms with van der Waals surface area (Å²) < 4.78 is 106. The van der Waals surface area contributed by atoms with E-state index >= 15 is 0 Å². The van der Waals surface area contributed by atoms with E-state index in [1.54, 1.807) is 4.72 Å². The molecule has 0 aliphatic heterocycles. The molecule has 0 fully saturated rings. The van der Waals surface area contributed by atoms with Gasteiger partial charge >= 0.3 is 6.03 Å². The van der Waals surface area contributed by atoms with Gasteiger partial charge < -0.3 is 9.47 Å². The number of urea groups is 1. The summed E-state index contributed by atoms with van der Waals surface area (Å²) in [4.78, 5) is 23.5. The highest BCUT2D eigenvalue weighted by molar-refractivity contribution is 7.93. The van der Waals surface area contributed by atoms with E-state index in [-0.39, 0.29) is 5.65 Å². The standard InChI is InChI=1S/C16H18N6O7S2/c1-4-30(24,25)13-14(22-8-6-5-7-10(22)17-13)31(26,27)21-16(23)20-15-18-11(28-2)9-12(19-15)29-3/h5-9H,4H2,1-3H3,(H2,18,19,20,21,23)/i2D3,3D3. The van der Waals surface area contributed by atoms with E-state index in [4.69, 9.17) is 8.22 Å². The first-order valence-electron chi connectivity index (χ1n) is 11.2. The third-order valence-corrected chi connectivity index (χ3v) is 6.84. The molecule has 166 valence electrons. The molecule has 3 aromatic rings. The van der Waals surface area contributed by atoms with Gasteiger partial charge in [-0.25, -0.2) is 22.9 Å². The molecule has 0 atom stereocenters. The maximum atomic E-state index is 13.1. The normalized spacial score (nSPS) is 15.5. The molecule has 2 amide bonds. The maximum absolute atomic E-state index is 13.1. The smallest absolute Gasteiger partial charge is 0.335 e. The Morgan fingerprint density at radius 3 is 2.42 bits per heavy atom. The molecule has 3 rings (SSSR count). The first kappa shape index (κ1) is 15.4. The molecular formula is C16H18N6O7S2. The van der Waals surface area contributed by atoms with E-state index in [0.29, 0.717) is 0 Å². The fourth-order valence-electron chi connectivity index (χ4n) is 2.40.